The van der Waals surface area contributed by atoms with E-state index in [0.29, 0.717) is 52.1 Å². The summed E-state index contributed by atoms with van der Waals surface area (Å²) in [6.45, 7) is 5.03. The molecule has 1 saturated heterocycles. The normalized spacial score (nSPS) is 15.4. The lowest BCUT2D eigenvalue weighted by molar-refractivity contribution is -0.114. The first kappa shape index (κ1) is 28.4. The SMILES string of the molecule is CC(=O)Nc1cc2c(Nc3cccc(-c4c(F)cccc4F)c3)ncnc2cc1OCCCN1CC[C@H](N(C)C)C1. The zero-order valence-electron chi connectivity index (χ0n) is 23.5. The van der Waals surface area contributed by atoms with Crippen LogP contribution < -0.4 is 15.4 Å². The van der Waals surface area contributed by atoms with Gasteiger partial charge in [-0.2, -0.15) is 0 Å². The van der Waals surface area contributed by atoms with Crippen LogP contribution in [-0.2, 0) is 4.79 Å². The van der Waals surface area contributed by atoms with Crippen LogP contribution in [0.3, 0.4) is 0 Å². The first-order chi connectivity index (χ1) is 19.8. The number of anilines is 3. The van der Waals surface area contributed by atoms with Crippen molar-refractivity contribution in [1.82, 2.24) is 19.8 Å². The van der Waals surface area contributed by atoms with Crippen LogP contribution >= 0.6 is 0 Å². The summed E-state index contributed by atoms with van der Waals surface area (Å²) in [5.74, 6) is -0.502. The topological polar surface area (TPSA) is 82.6 Å². The van der Waals surface area contributed by atoms with Gasteiger partial charge in [0.1, 0.15) is 29.5 Å². The molecule has 0 aliphatic carbocycles. The molecule has 1 atom stereocenters. The Morgan fingerprint density at radius 3 is 2.61 bits per heavy atom. The Labute approximate surface area is 238 Å². The van der Waals surface area contributed by atoms with E-state index in [2.05, 4.69) is 44.5 Å². The van der Waals surface area contributed by atoms with Crippen molar-refractivity contribution < 1.29 is 18.3 Å². The molecule has 8 nitrogen and oxygen atoms in total. The van der Waals surface area contributed by atoms with Crippen LogP contribution in [0.15, 0.2) is 60.9 Å². The molecule has 0 radical (unpaired) electrons. The Hall–Kier alpha value is -4.15. The average Bonchev–Trinajstić information content (AvgIpc) is 3.41. The van der Waals surface area contributed by atoms with Gasteiger partial charge < -0.3 is 25.2 Å². The maximum Gasteiger partial charge on any atom is 0.221 e. The Morgan fingerprint density at radius 1 is 1.10 bits per heavy atom. The predicted molar refractivity (Wildman–Crippen MR) is 158 cm³/mol. The number of hydrogen-bond donors (Lipinski definition) is 2. The molecule has 1 aliphatic heterocycles. The van der Waals surface area contributed by atoms with Gasteiger partial charge in [-0.25, -0.2) is 18.7 Å². The number of ether oxygens (including phenoxy) is 1. The summed E-state index contributed by atoms with van der Waals surface area (Å²) >= 11 is 0. The summed E-state index contributed by atoms with van der Waals surface area (Å²) in [5.41, 5.74) is 2.02. The summed E-state index contributed by atoms with van der Waals surface area (Å²) in [6, 6.07) is 14.7. The zero-order valence-corrected chi connectivity index (χ0v) is 23.5. The smallest absolute Gasteiger partial charge is 0.221 e. The number of aromatic nitrogens is 2. The van der Waals surface area contributed by atoms with E-state index in [1.54, 1.807) is 36.4 Å². The number of likely N-dealkylation sites (N-methyl/N-ethyl adjacent to an activating group) is 1. The second-order valence-electron chi connectivity index (χ2n) is 10.5. The largest absolute Gasteiger partial charge is 0.491 e. The molecule has 2 heterocycles. The van der Waals surface area contributed by atoms with Crippen molar-refractivity contribution in [3.8, 4) is 16.9 Å². The minimum absolute atomic E-state index is 0.0966. The molecule has 41 heavy (non-hydrogen) atoms. The van der Waals surface area contributed by atoms with E-state index in [0.717, 1.165) is 26.1 Å². The molecule has 0 unspecified atom stereocenters. The number of fused-ring (bicyclic) bond motifs is 1. The second-order valence-corrected chi connectivity index (χ2v) is 10.5. The molecule has 5 rings (SSSR count). The van der Waals surface area contributed by atoms with Crippen molar-refractivity contribution in [2.45, 2.75) is 25.8 Å². The molecule has 214 valence electrons. The monoisotopic (exact) mass is 560 g/mol. The van der Waals surface area contributed by atoms with E-state index in [4.69, 9.17) is 4.74 Å². The maximum absolute atomic E-state index is 14.4. The van der Waals surface area contributed by atoms with E-state index >= 15 is 0 Å². The molecule has 4 aromatic rings. The van der Waals surface area contributed by atoms with Crippen LogP contribution in [0.5, 0.6) is 5.75 Å². The van der Waals surface area contributed by atoms with Crippen LogP contribution in [0.4, 0.5) is 26.0 Å². The highest BCUT2D eigenvalue weighted by atomic mass is 19.1. The van der Waals surface area contributed by atoms with Crippen LogP contribution in [0, 0.1) is 11.6 Å². The number of likely N-dealkylation sites (tertiary alicyclic amines) is 1. The number of rotatable bonds is 10. The highest BCUT2D eigenvalue weighted by Gasteiger charge is 2.23. The minimum Gasteiger partial charge on any atom is -0.491 e. The fraction of sp³-hybridized carbons (Fsp3) is 0.323. The third kappa shape index (κ3) is 6.78. The molecule has 1 aliphatic rings. The number of benzene rings is 3. The number of carbonyl (C=O) groups is 1. The van der Waals surface area contributed by atoms with Crippen LogP contribution in [-0.4, -0.2) is 72.1 Å². The van der Waals surface area contributed by atoms with Gasteiger partial charge in [0.15, 0.2) is 0 Å². The van der Waals surface area contributed by atoms with Crippen molar-refractivity contribution in [3.63, 3.8) is 0 Å². The first-order valence-corrected chi connectivity index (χ1v) is 13.7. The molecule has 0 spiro atoms. The van der Waals surface area contributed by atoms with Gasteiger partial charge in [0, 0.05) is 43.2 Å². The fourth-order valence-electron chi connectivity index (χ4n) is 5.16. The molecular formula is C31H34F2N6O2. The lowest BCUT2D eigenvalue weighted by atomic mass is 10.0. The van der Waals surface area contributed by atoms with Gasteiger partial charge in [0.2, 0.25) is 5.91 Å². The number of halogens is 2. The van der Waals surface area contributed by atoms with Crippen molar-refractivity contribution >= 4 is 34.0 Å². The van der Waals surface area contributed by atoms with Gasteiger partial charge in [-0.3, -0.25) is 4.79 Å². The molecular weight excluding hydrogens is 526 g/mol. The van der Waals surface area contributed by atoms with Crippen molar-refractivity contribution in [3.05, 3.63) is 72.6 Å². The highest BCUT2D eigenvalue weighted by Crippen LogP contribution is 2.34. The van der Waals surface area contributed by atoms with Crippen molar-refractivity contribution in [1.29, 1.82) is 0 Å². The Bertz CT molecular complexity index is 1530. The number of amides is 1. The quantitative estimate of drug-likeness (QED) is 0.242. The zero-order chi connectivity index (χ0) is 28.9. The highest BCUT2D eigenvalue weighted by molar-refractivity contribution is 5.99. The minimum atomic E-state index is -0.639. The molecule has 1 aromatic heterocycles. The predicted octanol–water partition coefficient (Wildman–Crippen LogP) is 5.68. The Morgan fingerprint density at radius 2 is 1.88 bits per heavy atom. The van der Waals surface area contributed by atoms with Crippen molar-refractivity contribution in [2.75, 3.05) is 51.0 Å². The summed E-state index contributed by atoms with van der Waals surface area (Å²) < 4.78 is 34.9. The number of nitrogens with zero attached hydrogens (tertiary/aromatic N) is 4. The van der Waals surface area contributed by atoms with E-state index in [1.807, 2.05) is 0 Å². The van der Waals surface area contributed by atoms with E-state index < -0.39 is 11.6 Å². The van der Waals surface area contributed by atoms with Crippen LogP contribution in [0.2, 0.25) is 0 Å². The molecule has 0 bridgehead atoms. The Kier molecular flexibility index (Phi) is 8.70. The maximum atomic E-state index is 14.4. The van der Waals surface area contributed by atoms with Crippen LogP contribution in [0.25, 0.3) is 22.0 Å². The number of hydrogen-bond acceptors (Lipinski definition) is 7. The van der Waals surface area contributed by atoms with E-state index in [1.165, 1.54) is 37.9 Å². The molecule has 1 fully saturated rings. The number of carbonyl (C=O) groups excluding carboxylic acids is 1. The average molecular weight is 561 g/mol. The van der Waals surface area contributed by atoms with E-state index in [-0.39, 0.29) is 11.5 Å². The van der Waals surface area contributed by atoms with Gasteiger partial charge in [0.25, 0.3) is 0 Å². The fourth-order valence-corrected chi connectivity index (χ4v) is 5.16. The molecule has 2 N–H and O–H groups in total. The van der Waals surface area contributed by atoms with E-state index in [9.17, 15) is 13.6 Å². The van der Waals surface area contributed by atoms with Gasteiger partial charge in [0.05, 0.1) is 23.4 Å². The summed E-state index contributed by atoms with van der Waals surface area (Å²) in [5, 5.41) is 6.74. The van der Waals surface area contributed by atoms with Gasteiger partial charge >= 0.3 is 0 Å². The molecule has 3 aromatic carbocycles. The molecule has 10 heteroatoms. The van der Waals surface area contributed by atoms with Gasteiger partial charge in [-0.15, -0.1) is 0 Å². The molecule has 1 amide bonds. The van der Waals surface area contributed by atoms with Crippen molar-refractivity contribution in [2.24, 2.45) is 0 Å². The van der Waals surface area contributed by atoms with Gasteiger partial charge in [-0.05, 0) is 69.4 Å². The standard InChI is InChI=1S/C31H34F2N6O2/c1-20(40)36-28-16-24-27(17-29(28)41-14-6-12-39-13-11-23(18-39)38(2)3)34-19-35-31(24)37-22-8-4-7-21(15-22)30-25(32)9-5-10-26(30)33/h4-5,7-10,15-17,19,23H,6,11-14,18H2,1-3H3,(H,36,40)(H,34,35,37)/t23-/m0/s1. The second kappa shape index (κ2) is 12.6. The summed E-state index contributed by atoms with van der Waals surface area (Å²) in [7, 11) is 4.24. The lowest BCUT2D eigenvalue weighted by Crippen LogP contribution is -2.32. The lowest BCUT2D eigenvalue weighted by Gasteiger charge is -2.20. The first-order valence-electron chi connectivity index (χ1n) is 13.7. The summed E-state index contributed by atoms with van der Waals surface area (Å²) in [4.78, 5) is 25.5. The number of nitrogens with one attached hydrogen (secondary N) is 2. The van der Waals surface area contributed by atoms with Crippen LogP contribution in [0.1, 0.15) is 19.8 Å². The van der Waals surface area contributed by atoms with Gasteiger partial charge in [-0.1, -0.05) is 18.2 Å². The Balaban J connectivity index is 1.35. The molecule has 0 saturated carbocycles. The third-order valence-corrected chi connectivity index (χ3v) is 7.28. The summed E-state index contributed by atoms with van der Waals surface area (Å²) in [6.07, 6.45) is 3.46. The third-order valence-electron chi connectivity index (χ3n) is 7.28.